The molecule has 0 aliphatic carbocycles. The second-order valence-electron chi connectivity index (χ2n) is 5.46. The lowest BCUT2D eigenvalue weighted by molar-refractivity contribution is 0.370. The largest absolute Gasteiger partial charge is 0.496 e. The van der Waals surface area contributed by atoms with Gasteiger partial charge in [0.2, 0.25) is 10.0 Å². The van der Waals surface area contributed by atoms with Crippen molar-refractivity contribution in [2.24, 2.45) is 0 Å². The van der Waals surface area contributed by atoms with E-state index in [1.807, 2.05) is 18.2 Å². The zero-order valence-electron chi connectivity index (χ0n) is 12.9. The lowest BCUT2D eigenvalue weighted by Crippen LogP contribution is -2.36. The number of fused-ring (bicyclic) bond motifs is 1. The SMILES string of the molecule is COc1cccc2c1CCN(S(=O)(=O)c1cc(C)oc1C)C2. The van der Waals surface area contributed by atoms with Crippen molar-refractivity contribution in [2.45, 2.75) is 31.7 Å². The van der Waals surface area contributed by atoms with Crippen LogP contribution in [0, 0.1) is 13.8 Å². The van der Waals surface area contributed by atoms with Gasteiger partial charge in [-0.2, -0.15) is 4.31 Å². The van der Waals surface area contributed by atoms with Gasteiger partial charge in [-0.25, -0.2) is 8.42 Å². The van der Waals surface area contributed by atoms with Gasteiger partial charge in [0.15, 0.2) is 0 Å². The van der Waals surface area contributed by atoms with Crippen LogP contribution in [0.3, 0.4) is 0 Å². The van der Waals surface area contributed by atoms with Gasteiger partial charge < -0.3 is 9.15 Å². The van der Waals surface area contributed by atoms with Crippen molar-refractivity contribution >= 4 is 10.0 Å². The van der Waals surface area contributed by atoms with Crippen LogP contribution >= 0.6 is 0 Å². The van der Waals surface area contributed by atoms with Crippen molar-refractivity contribution in [3.8, 4) is 5.75 Å². The number of nitrogens with zero attached hydrogens (tertiary/aromatic N) is 1. The van der Waals surface area contributed by atoms with Crippen molar-refractivity contribution in [1.29, 1.82) is 0 Å². The molecule has 3 rings (SSSR count). The maximum atomic E-state index is 12.8. The molecule has 0 unspecified atom stereocenters. The number of hydrogen-bond donors (Lipinski definition) is 0. The van der Waals surface area contributed by atoms with Gasteiger partial charge in [-0.15, -0.1) is 0 Å². The Hall–Kier alpha value is -1.79. The summed E-state index contributed by atoms with van der Waals surface area (Å²) in [5, 5.41) is 0. The summed E-state index contributed by atoms with van der Waals surface area (Å²) in [6, 6.07) is 7.34. The second kappa shape index (κ2) is 5.44. The van der Waals surface area contributed by atoms with Crippen molar-refractivity contribution in [2.75, 3.05) is 13.7 Å². The van der Waals surface area contributed by atoms with Crippen LogP contribution in [0.1, 0.15) is 22.6 Å². The van der Waals surface area contributed by atoms with Crippen LogP contribution in [0.15, 0.2) is 33.6 Å². The number of benzene rings is 1. The first-order valence-corrected chi connectivity index (χ1v) is 8.59. The topological polar surface area (TPSA) is 59.8 Å². The molecule has 0 saturated heterocycles. The summed E-state index contributed by atoms with van der Waals surface area (Å²) in [5.41, 5.74) is 2.09. The molecule has 6 heteroatoms. The minimum atomic E-state index is -3.54. The van der Waals surface area contributed by atoms with Crippen LogP contribution in [0.5, 0.6) is 5.75 Å². The van der Waals surface area contributed by atoms with Gasteiger partial charge in [-0.3, -0.25) is 0 Å². The summed E-state index contributed by atoms with van der Waals surface area (Å²) in [6.45, 7) is 4.24. The normalized spacial score (nSPS) is 15.6. The van der Waals surface area contributed by atoms with Crippen LogP contribution < -0.4 is 4.74 Å². The Morgan fingerprint density at radius 3 is 2.68 bits per heavy atom. The van der Waals surface area contributed by atoms with E-state index in [-0.39, 0.29) is 4.90 Å². The first-order chi connectivity index (χ1) is 10.4. The molecule has 0 atom stereocenters. The summed E-state index contributed by atoms with van der Waals surface area (Å²) < 4.78 is 37.9. The van der Waals surface area contributed by atoms with E-state index < -0.39 is 10.0 Å². The molecule has 2 aromatic rings. The molecule has 0 spiro atoms. The summed E-state index contributed by atoms with van der Waals surface area (Å²) in [6.07, 6.45) is 0.647. The predicted molar refractivity (Wildman–Crippen MR) is 82.5 cm³/mol. The van der Waals surface area contributed by atoms with Crippen molar-refractivity contribution in [3.05, 3.63) is 46.9 Å². The van der Waals surface area contributed by atoms with Gasteiger partial charge in [-0.1, -0.05) is 12.1 Å². The number of aryl methyl sites for hydroxylation is 2. The third-order valence-electron chi connectivity index (χ3n) is 4.02. The molecule has 1 aliphatic rings. The van der Waals surface area contributed by atoms with E-state index in [2.05, 4.69) is 0 Å². The van der Waals surface area contributed by atoms with E-state index in [1.54, 1.807) is 27.0 Å². The zero-order chi connectivity index (χ0) is 15.9. The Kier molecular flexibility index (Phi) is 3.74. The van der Waals surface area contributed by atoms with E-state index in [0.29, 0.717) is 31.0 Å². The molecule has 0 amide bonds. The monoisotopic (exact) mass is 321 g/mol. The minimum Gasteiger partial charge on any atom is -0.496 e. The number of sulfonamides is 1. The zero-order valence-corrected chi connectivity index (χ0v) is 13.7. The summed E-state index contributed by atoms with van der Waals surface area (Å²) >= 11 is 0. The van der Waals surface area contributed by atoms with Gasteiger partial charge in [0.05, 0.1) is 7.11 Å². The molecular formula is C16H19NO4S. The highest BCUT2D eigenvalue weighted by Crippen LogP contribution is 2.31. The lowest BCUT2D eigenvalue weighted by Gasteiger charge is -2.28. The molecule has 0 fully saturated rings. The standard InChI is InChI=1S/C16H19NO4S/c1-11-9-16(12(2)21-11)22(18,19)17-8-7-14-13(10-17)5-4-6-15(14)20-3/h4-6,9H,7-8,10H2,1-3H3. The third-order valence-corrected chi connectivity index (χ3v) is 5.97. The van der Waals surface area contributed by atoms with Crippen LogP contribution in [0.25, 0.3) is 0 Å². The highest BCUT2D eigenvalue weighted by Gasteiger charge is 2.31. The summed E-state index contributed by atoms with van der Waals surface area (Å²) in [5.74, 6) is 1.87. The van der Waals surface area contributed by atoms with Crippen molar-refractivity contribution < 1.29 is 17.6 Å². The Labute approximate surface area is 130 Å². The molecule has 0 radical (unpaired) electrons. The number of hydrogen-bond acceptors (Lipinski definition) is 4. The molecular weight excluding hydrogens is 302 g/mol. The highest BCUT2D eigenvalue weighted by atomic mass is 32.2. The number of ether oxygens (including phenoxy) is 1. The van der Waals surface area contributed by atoms with Gasteiger partial charge in [0.1, 0.15) is 22.2 Å². The average molecular weight is 321 g/mol. The smallest absolute Gasteiger partial charge is 0.246 e. The Balaban J connectivity index is 1.96. The molecule has 1 aliphatic heterocycles. The summed E-state index contributed by atoms with van der Waals surface area (Å²) in [7, 11) is -1.90. The average Bonchev–Trinajstić information content (AvgIpc) is 2.85. The Morgan fingerprint density at radius 1 is 1.27 bits per heavy atom. The quantitative estimate of drug-likeness (QED) is 0.872. The van der Waals surface area contributed by atoms with E-state index in [4.69, 9.17) is 9.15 Å². The van der Waals surface area contributed by atoms with E-state index in [1.165, 1.54) is 4.31 Å². The molecule has 5 nitrogen and oxygen atoms in total. The molecule has 1 aromatic heterocycles. The fraction of sp³-hybridized carbons (Fsp3) is 0.375. The van der Waals surface area contributed by atoms with Gasteiger partial charge in [-0.05, 0) is 43.5 Å². The number of methoxy groups -OCH3 is 1. The van der Waals surface area contributed by atoms with Gasteiger partial charge >= 0.3 is 0 Å². The molecule has 22 heavy (non-hydrogen) atoms. The maximum Gasteiger partial charge on any atom is 0.246 e. The first-order valence-electron chi connectivity index (χ1n) is 7.15. The molecule has 0 N–H and O–H groups in total. The van der Waals surface area contributed by atoms with Crippen LogP contribution in [-0.4, -0.2) is 26.4 Å². The fourth-order valence-corrected chi connectivity index (χ4v) is 4.59. The number of rotatable bonds is 3. The van der Waals surface area contributed by atoms with Gasteiger partial charge in [0.25, 0.3) is 0 Å². The van der Waals surface area contributed by atoms with Crippen molar-refractivity contribution in [1.82, 2.24) is 4.31 Å². The maximum absolute atomic E-state index is 12.8. The Morgan fingerprint density at radius 2 is 2.05 bits per heavy atom. The summed E-state index contributed by atoms with van der Waals surface area (Å²) in [4.78, 5) is 0.261. The third kappa shape index (κ3) is 2.42. The fourth-order valence-electron chi connectivity index (χ4n) is 2.95. The van der Waals surface area contributed by atoms with Crippen LogP contribution in [0.2, 0.25) is 0 Å². The second-order valence-corrected chi connectivity index (χ2v) is 7.37. The molecule has 118 valence electrons. The predicted octanol–water partition coefficient (Wildman–Crippen LogP) is 2.65. The molecule has 0 bridgehead atoms. The molecule has 2 heterocycles. The lowest BCUT2D eigenvalue weighted by atomic mass is 10.0. The molecule has 1 aromatic carbocycles. The van der Waals surface area contributed by atoms with Crippen LogP contribution in [-0.2, 0) is 23.0 Å². The van der Waals surface area contributed by atoms with E-state index in [0.717, 1.165) is 16.9 Å². The minimum absolute atomic E-state index is 0.261. The Bertz CT molecular complexity index is 808. The van der Waals surface area contributed by atoms with E-state index in [9.17, 15) is 8.42 Å². The molecule has 0 saturated carbocycles. The first kappa shape index (κ1) is 15.1. The van der Waals surface area contributed by atoms with Crippen LogP contribution in [0.4, 0.5) is 0 Å². The number of furan rings is 1. The van der Waals surface area contributed by atoms with Gasteiger partial charge in [0, 0.05) is 13.1 Å². The van der Waals surface area contributed by atoms with E-state index >= 15 is 0 Å². The van der Waals surface area contributed by atoms with Crippen molar-refractivity contribution in [3.63, 3.8) is 0 Å². The highest BCUT2D eigenvalue weighted by molar-refractivity contribution is 7.89.